The number of pyridine rings is 1. The predicted molar refractivity (Wildman–Crippen MR) is 106 cm³/mol. The first-order valence-corrected chi connectivity index (χ1v) is 9.39. The molecular formula is C21H24N4O3. The van der Waals surface area contributed by atoms with Gasteiger partial charge in [0.25, 0.3) is 11.8 Å². The molecule has 0 bridgehead atoms. The molecule has 1 N–H and O–H groups in total. The molecule has 2 heterocycles. The van der Waals surface area contributed by atoms with Crippen LogP contribution in [-0.2, 0) is 4.79 Å². The molecule has 0 aliphatic carbocycles. The minimum atomic E-state index is -0.316. The average molecular weight is 380 g/mol. The standard InChI is InChI=1S/C21H24N4O3/c1-16(23-24-21(27)18-6-5-11-22-14-18)17-7-9-19(10-8-17)28-15-20(26)25-12-3-2-4-13-25/h5-11,14H,2-4,12-13,15H2,1H3,(H,24,27)/b23-16-. The van der Waals surface area contributed by atoms with Gasteiger partial charge in [0, 0.05) is 25.5 Å². The fourth-order valence-corrected chi connectivity index (χ4v) is 2.93. The number of carbonyl (C=O) groups is 2. The number of hydrazone groups is 1. The molecule has 1 aliphatic rings. The molecule has 0 atom stereocenters. The number of hydrogen-bond acceptors (Lipinski definition) is 5. The highest BCUT2D eigenvalue weighted by Gasteiger charge is 2.16. The van der Waals surface area contributed by atoms with Crippen molar-refractivity contribution >= 4 is 17.5 Å². The topological polar surface area (TPSA) is 83.9 Å². The van der Waals surface area contributed by atoms with Crippen LogP contribution in [0.4, 0.5) is 0 Å². The molecule has 3 rings (SSSR count). The van der Waals surface area contributed by atoms with Crippen molar-refractivity contribution in [1.29, 1.82) is 0 Å². The van der Waals surface area contributed by atoms with Crippen LogP contribution in [0.3, 0.4) is 0 Å². The van der Waals surface area contributed by atoms with Crippen molar-refractivity contribution in [2.45, 2.75) is 26.2 Å². The Bertz CT molecular complexity index is 828. The van der Waals surface area contributed by atoms with E-state index in [-0.39, 0.29) is 18.4 Å². The van der Waals surface area contributed by atoms with E-state index in [1.807, 2.05) is 17.0 Å². The van der Waals surface area contributed by atoms with E-state index in [9.17, 15) is 9.59 Å². The minimum Gasteiger partial charge on any atom is -0.484 e. The number of carbonyl (C=O) groups excluding carboxylic acids is 2. The van der Waals surface area contributed by atoms with Crippen LogP contribution in [0.25, 0.3) is 0 Å². The highest BCUT2D eigenvalue weighted by molar-refractivity contribution is 6.00. The van der Waals surface area contributed by atoms with Gasteiger partial charge >= 0.3 is 0 Å². The SMILES string of the molecule is C/C(=N/NC(=O)c1cccnc1)c1ccc(OCC(=O)N2CCCCC2)cc1. The Balaban J connectivity index is 1.51. The van der Waals surface area contributed by atoms with Gasteiger partial charge in [-0.15, -0.1) is 0 Å². The highest BCUT2D eigenvalue weighted by Crippen LogP contribution is 2.14. The highest BCUT2D eigenvalue weighted by atomic mass is 16.5. The number of rotatable bonds is 6. The number of benzene rings is 1. The summed E-state index contributed by atoms with van der Waals surface area (Å²) in [6, 6.07) is 10.6. The van der Waals surface area contributed by atoms with E-state index in [1.165, 1.54) is 12.6 Å². The van der Waals surface area contributed by atoms with Crippen molar-refractivity contribution < 1.29 is 14.3 Å². The summed E-state index contributed by atoms with van der Waals surface area (Å²) in [6.07, 6.45) is 6.41. The molecule has 2 aromatic rings. The van der Waals surface area contributed by atoms with Gasteiger partial charge in [0.2, 0.25) is 0 Å². The molecule has 7 heteroatoms. The summed E-state index contributed by atoms with van der Waals surface area (Å²) in [5, 5.41) is 4.12. The molecule has 2 amide bonds. The van der Waals surface area contributed by atoms with Crippen LogP contribution < -0.4 is 10.2 Å². The molecule has 1 aromatic heterocycles. The van der Waals surface area contributed by atoms with Gasteiger partial charge in [-0.05, 0) is 68.1 Å². The van der Waals surface area contributed by atoms with E-state index in [0.717, 1.165) is 31.5 Å². The Kier molecular flexibility index (Phi) is 6.73. The lowest BCUT2D eigenvalue weighted by Gasteiger charge is -2.26. The maximum Gasteiger partial charge on any atom is 0.272 e. The van der Waals surface area contributed by atoms with Gasteiger partial charge in [0.05, 0.1) is 11.3 Å². The van der Waals surface area contributed by atoms with Crippen LogP contribution >= 0.6 is 0 Å². The minimum absolute atomic E-state index is 0.0274. The summed E-state index contributed by atoms with van der Waals surface area (Å²) >= 11 is 0. The van der Waals surface area contributed by atoms with Crippen molar-refractivity contribution in [3.8, 4) is 5.75 Å². The van der Waals surface area contributed by atoms with Crippen molar-refractivity contribution in [3.63, 3.8) is 0 Å². The van der Waals surface area contributed by atoms with Crippen LogP contribution in [0.15, 0.2) is 53.9 Å². The van der Waals surface area contributed by atoms with Gasteiger partial charge in [0.1, 0.15) is 5.75 Å². The number of likely N-dealkylation sites (tertiary alicyclic amines) is 1. The van der Waals surface area contributed by atoms with Crippen LogP contribution in [0.5, 0.6) is 5.75 Å². The molecule has 1 aliphatic heterocycles. The average Bonchev–Trinajstić information content (AvgIpc) is 2.77. The fraction of sp³-hybridized carbons (Fsp3) is 0.333. The lowest BCUT2D eigenvalue weighted by molar-refractivity contribution is -0.134. The van der Waals surface area contributed by atoms with E-state index in [2.05, 4.69) is 15.5 Å². The number of nitrogens with one attached hydrogen (secondary N) is 1. The number of piperidine rings is 1. The summed E-state index contributed by atoms with van der Waals surface area (Å²) in [5.41, 5.74) is 4.47. The summed E-state index contributed by atoms with van der Waals surface area (Å²) in [6.45, 7) is 3.50. The zero-order valence-corrected chi connectivity index (χ0v) is 15.9. The zero-order valence-electron chi connectivity index (χ0n) is 15.9. The van der Waals surface area contributed by atoms with Crippen LogP contribution in [0.2, 0.25) is 0 Å². The molecule has 0 unspecified atom stereocenters. The maximum atomic E-state index is 12.1. The smallest absolute Gasteiger partial charge is 0.272 e. The molecule has 146 valence electrons. The Labute approximate surface area is 164 Å². The predicted octanol–water partition coefficient (Wildman–Crippen LogP) is 2.63. The van der Waals surface area contributed by atoms with E-state index < -0.39 is 0 Å². The van der Waals surface area contributed by atoms with Gasteiger partial charge in [-0.1, -0.05) is 0 Å². The largest absolute Gasteiger partial charge is 0.484 e. The fourth-order valence-electron chi connectivity index (χ4n) is 2.93. The van der Waals surface area contributed by atoms with Crippen LogP contribution in [0, 0.1) is 0 Å². The summed E-state index contributed by atoms with van der Waals surface area (Å²) in [7, 11) is 0. The molecule has 28 heavy (non-hydrogen) atoms. The van der Waals surface area contributed by atoms with Crippen LogP contribution in [-0.4, -0.2) is 47.1 Å². The third-order valence-electron chi connectivity index (χ3n) is 4.59. The normalized spacial score (nSPS) is 14.5. The monoisotopic (exact) mass is 380 g/mol. The number of hydrogen-bond donors (Lipinski definition) is 1. The van der Waals surface area contributed by atoms with E-state index in [4.69, 9.17) is 4.74 Å². The molecule has 7 nitrogen and oxygen atoms in total. The third-order valence-corrected chi connectivity index (χ3v) is 4.59. The van der Waals surface area contributed by atoms with E-state index in [1.54, 1.807) is 37.4 Å². The van der Waals surface area contributed by atoms with Crippen molar-refractivity contribution in [2.24, 2.45) is 5.10 Å². The Morgan fingerprint density at radius 3 is 2.54 bits per heavy atom. The number of aromatic nitrogens is 1. The van der Waals surface area contributed by atoms with Crippen molar-refractivity contribution in [2.75, 3.05) is 19.7 Å². The summed E-state index contributed by atoms with van der Waals surface area (Å²) < 4.78 is 5.60. The second-order valence-corrected chi connectivity index (χ2v) is 6.63. The lowest BCUT2D eigenvalue weighted by Crippen LogP contribution is -2.38. The van der Waals surface area contributed by atoms with Crippen molar-refractivity contribution in [3.05, 3.63) is 59.9 Å². The molecule has 0 spiro atoms. The molecule has 0 radical (unpaired) electrons. The van der Waals surface area contributed by atoms with Gasteiger partial charge in [-0.3, -0.25) is 14.6 Å². The van der Waals surface area contributed by atoms with Gasteiger partial charge in [-0.2, -0.15) is 5.10 Å². The molecule has 0 saturated carbocycles. The maximum absolute atomic E-state index is 12.1. The van der Waals surface area contributed by atoms with Gasteiger partial charge < -0.3 is 9.64 Å². The Morgan fingerprint density at radius 1 is 1.11 bits per heavy atom. The number of nitrogens with zero attached hydrogens (tertiary/aromatic N) is 3. The van der Waals surface area contributed by atoms with Crippen molar-refractivity contribution in [1.82, 2.24) is 15.3 Å². The van der Waals surface area contributed by atoms with E-state index >= 15 is 0 Å². The third kappa shape index (κ3) is 5.39. The van der Waals surface area contributed by atoms with Gasteiger partial charge in [0.15, 0.2) is 6.61 Å². The molecular weight excluding hydrogens is 356 g/mol. The molecule has 1 aromatic carbocycles. The first-order valence-electron chi connectivity index (χ1n) is 9.39. The van der Waals surface area contributed by atoms with E-state index in [0.29, 0.717) is 17.0 Å². The zero-order chi connectivity index (χ0) is 19.8. The summed E-state index contributed by atoms with van der Waals surface area (Å²) in [4.78, 5) is 29.9. The first-order chi connectivity index (χ1) is 13.6. The molecule has 1 saturated heterocycles. The Morgan fingerprint density at radius 2 is 1.86 bits per heavy atom. The molecule has 1 fully saturated rings. The summed E-state index contributed by atoms with van der Waals surface area (Å²) in [5.74, 6) is 0.338. The second kappa shape index (κ2) is 9.64. The lowest BCUT2D eigenvalue weighted by atomic mass is 10.1. The van der Waals surface area contributed by atoms with Crippen LogP contribution in [0.1, 0.15) is 42.1 Å². The Hall–Kier alpha value is -3.22. The first kappa shape index (κ1) is 19.5. The number of amides is 2. The number of ether oxygens (including phenoxy) is 1. The van der Waals surface area contributed by atoms with Gasteiger partial charge in [-0.25, -0.2) is 5.43 Å². The quantitative estimate of drug-likeness (QED) is 0.617. The second-order valence-electron chi connectivity index (χ2n) is 6.63.